The number of nitro benzene ring substituents is 1. The number of nitrogens with two attached hydrogens (primary N) is 1. The number of rotatable bonds is 14. The lowest BCUT2D eigenvalue weighted by Gasteiger charge is -2.25. The van der Waals surface area contributed by atoms with Crippen molar-refractivity contribution < 1.29 is 33.9 Å². The van der Waals surface area contributed by atoms with E-state index < -0.39 is 64.3 Å². The highest BCUT2D eigenvalue weighted by molar-refractivity contribution is 5.98. The van der Waals surface area contributed by atoms with Gasteiger partial charge in [0.1, 0.15) is 12.1 Å². The summed E-state index contributed by atoms with van der Waals surface area (Å²) in [6.07, 6.45) is -0.899. The van der Waals surface area contributed by atoms with E-state index >= 15 is 0 Å². The van der Waals surface area contributed by atoms with Crippen LogP contribution in [0.5, 0.6) is 5.75 Å². The van der Waals surface area contributed by atoms with Gasteiger partial charge in [-0.1, -0.05) is 84.9 Å². The van der Waals surface area contributed by atoms with Gasteiger partial charge >= 0.3 is 5.69 Å². The van der Waals surface area contributed by atoms with Crippen LogP contribution < -0.4 is 21.7 Å². The molecule has 1 saturated heterocycles. The van der Waals surface area contributed by atoms with Gasteiger partial charge in [0.15, 0.2) is 18.0 Å². The van der Waals surface area contributed by atoms with Crippen molar-refractivity contribution in [2.45, 2.75) is 50.0 Å². The fraction of sp³-hybridized carbons (Fsp3) is 0.263. The molecule has 6 N–H and O–H groups in total. The largest absolute Gasteiger partial charge is 0.502 e. The zero-order chi connectivity index (χ0) is 36.1. The molecule has 4 amide bonds. The van der Waals surface area contributed by atoms with Crippen LogP contribution in [0.15, 0.2) is 97.1 Å². The number of phenols is 1. The van der Waals surface area contributed by atoms with Gasteiger partial charge in [0.25, 0.3) is 11.8 Å². The lowest BCUT2D eigenvalue weighted by molar-refractivity contribution is -0.385. The number of carbonyl (C=O) groups excluding carboxylic acids is 4. The molecule has 0 spiro atoms. The van der Waals surface area contributed by atoms with E-state index in [2.05, 4.69) is 16.0 Å². The Morgan fingerprint density at radius 3 is 2.08 bits per heavy atom. The summed E-state index contributed by atoms with van der Waals surface area (Å²) in [5.74, 6) is -3.62. The average Bonchev–Trinajstić information content (AvgIpc) is 3.83. The van der Waals surface area contributed by atoms with E-state index in [-0.39, 0.29) is 17.9 Å². The fourth-order valence-corrected chi connectivity index (χ4v) is 6.48. The van der Waals surface area contributed by atoms with Gasteiger partial charge in [-0.05, 0) is 64.6 Å². The molecule has 0 radical (unpaired) electrons. The van der Waals surface area contributed by atoms with E-state index in [0.29, 0.717) is 25.8 Å². The Hall–Kier alpha value is -6.08. The first-order chi connectivity index (χ1) is 24.6. The maximum absolute atomic E-state index is 13.7. The average molecular weight is 692 g/mol. The summed E-state index contributed by atoms with van der Waals surface area (Å²) in [5.41, 5.74) is 10.7. The van der Waals surface area contributed by atoms with Crippen LogP contribution in [0.1, 0.15) is 22.3 Å². The van der Waals surface area contributed by atoms with Crippen molar-refractivity contribution in [1.82, 2.24) is 16.0 Å². The molecule has 13 nitrogen and oxygen atoms in total. The van der Waals surface area contributed by atoms with Crippen LogP contribution in [0, 0.1) is 16.0 Å². The van der Waals surface area contributed by atoms with Gasteiger partial charge in [-0.25, -0.2) is 0 Å². The van der Waals surface area contributed by atoms with Crippen molar-refractivity contribution >= 4 is 29.3 Å². The molecule has 1 aliphatic carbocycles. The Morgan fingerprint density at radius 2 is 1.43 bits per heavy atom. The number of benzene rings is 4. The normalized spacial score (nSPS) is 17.4. The molecule has 4 aromatic carbocycles. The second-order valence-corrected chi connectivity index (χ2v) is 12.8. The third kappa shape index (κ3) is 8.39. The predicted octanol–water partition coefficient (Wildman–Crippen LogP) is 2.51. The topological polar surface area (TPSA) is 206 Å². The Kier molecular flexibility index (Phi) is 10.4. The molecule has 4 atom stereocenters. The molecule has 6 rings (SSSR count). The number of hydrogen-bond acceptors (Lipinski definition) is 8. The number of amides is 4. The minimum atomic E-state index is -1.33. The molecule has 1 unspecified atom stereocenters. The molecule has 51 heavy (non-hydrogen) atoms. The molecule has 0 aromatic heterocycles. The highest BCUT2D eigenvalue weighted by Crippen LogP contribution is 2.30. The molecule has 1 heterocycles. The minimum absolute atomic E-state index is 0.234. The number of aromatic hydroxyl groups is 1. The van der Waals surface area contributed by atoms with Crippen LogP contribution in [-0.4, -0.2) is 64.5 Å². The number of hydrogen-bond donors (Lipinski definition) is 5. The summed E-state index contributed by atoms with van der Waals surface area (Å²) in [5, 5.41) is 29.4. The van der Waals surface area contributed by atoms with E-state index in [1.165, 1.54) is 6.07 Å². The van der Waals surface area contributed by atoms with Crippen LogP contribution in [0.2, 0.25) is 0 Å². The molecule has 1 aliphatic heterocycles. The number of nitro groups is 1. The highest BCUT2D eigenvalue weighted by atomic mass is 16.6. The van der Waals surface area contributed by atoms with Crippen LogP contribution in [0.4, 0.5) is 5.69 Å². The first kappa shape index (κ1) is 34.8. The lowest BCUT2D eigenvalue weighted by Crippen LogP contribution is -2.56. The molecular formula is C38H37N5O8. The smallest absolute Gasteiger partial charge is 0.310 e. The van der Waals surface area contributed by atoms with Gasteiger partial charge in [-0.2, -0.15) is 0 Å². The Balaban J connectivity index is 1.08. The van der Waals surface area contributed by atoms with E-state index in [0.717, 1.165) is 39.9 Å². The second-order valence-electron chi connectivity index (χ2n) is 12.8. The molecule has 0 bridgehead atoms. The summed E-state index contributed by atoms with van der Waals surface area (Å²) in [6, 6.07) is 26.8. The number of nitrogens with one attached hydrogen (secondary N) is 3. The van der Waals surface area contributed by atoms with Crippen LogP contribution in [-0.2, 0) is 49.6 Å². The molecule has 262 valence electrons. The number of phenolic OH excluding ortho intramolecular Hbond substituents is 1. The molecular weight excluding hydrogens is 654 g/mol. The predicted molar refractivity (Wildman–Crippen MR) is 186 cm³/mol. The molecule has 4 aromatic rings. The first-order valence-electron chi connectivity index (χ1n) is 16.6. The second kappa shape index (κ2) is 15.2. The molecule has 1 fully saturated rings. The maximum Gasteiger partial charge on any atom is 0.310 e. The third-order valence-electron chi connectivity index (χ3n) is 9.25. The Morgan fingerprint density at radius 1 is 0.824 bits per heavy atom. The number of ether oxygens (including phenoxy) is 1. The van der Waals surface area contributed by atoms with Crippen molar-refractivity contribution in [3.8, 4) is 16.9 Å². The van der Waals surface area contributed by atoms with Gasteiger partial charge in [-0.3, -0.25) is 29.3 Å². The number of primary amides is 1. The van der Waals surface area contributed by atoms with Gasteiger partial charge in [-0.15, -0.1) is 0 Å². The monoisotopic (exact) mass is 691 g/mol. The SMILES string of the molecule is NC(=O)[C@H](NC(=O)[C@@H](Cc1ccc(O)c([N+](=O)[O-])c1)NC(=O)C1O[C@@H]1C(=O)NCCc1ccc(-c2ccccc2)cc1)C1Cc2ccccc2C1. The van der Waals surface area contributed by atoms with E-state index in [4.69, 9.17) is 10.5 Å². The van der Waals surface area contributed by atoms with Crippen molar-refractivity contribution in [3.63, 3.8) is 0 Å². The Labute approximate surface area is 293 Å². The minimum Gasteiger partial charge on any atom is -0.502 e. The standard InChI is InChI=1S/C38H37N5O8/c39-35(45)32(28-20-26-8-4-5-9-27(26)21-28)42-36(46)29(18-23-12-15-31(44)30(19-23)43(49)50)41-38(48)34-33(51-34)37(47)40-17-16-22-10-13-25(14-11-22)24-6-2-1-3-7-24/h1-15,19,28-29,32-34,44H,16-18,20-21H2,(H2,39,45)(H,40,47)(H,41,48)(H,42,46)/t29-,32-,33+,34?/m1/s1. The third-order valence-corrected chi connectivity index (χ3v) is 9.25. The van der Waals surface area contributed by atoms with Crippen molar-refractivity contribution in [2.24, 2.45) is 11.7 Å². The number of carbonyl (C=O) groups is 4. The summed E-state index contributed by atoms with van der Waals surface area (Å²) >= 11 is 0. The summed E-state index contributed by atoms with van der Waals surface area (Å²) in [4.78, 5) is 63.1. The van der Waals surface area contributed by atoms with Crippen molar-refractivity contribution in [2.75, 3.05) is 6.54 Å². The molecule has 0 saturated carbocycles. The van der Waals surface area contributed by atoms with Crippen LogP contribution in [0.3, 0.4) is 0 Å². The summed E-state index contributed by atoms with van der Waals surface area (Å²) in [6.45, 7) is 0.307. The van der Waals surface area contributed by atoms with Crippen molar-refractivity contribution in [3.05, 3.63) is 129 Å². The van der Waals surface area contributed by atoms with E-state index in [1.54, 1.807) is 0 Å². The molecule has 2 aliphatic rings. The van der Waals surface area contributed by atoms with Crippen LogP contribution >= 0.6 is 0 Å². The van der Waals surface area contributed by atoms with Gasteiger partial charge in [0, 0.05) is 19.0 Å². The Bertz CT molecular complexity index is 1930. The number of nitrogens with zero attached hydrogens (tertiary/aromatic N) is 1. The first-order valence-corrected chi connectivity index (χ1v) is 16.6. The molecule has 13 heteroatoms. The lowest BCUT2D eigenvalue weighted by atomic mass is 9.95. The number of fused-ring (bicyclic) bond motifs is 1. The summed E-state index contributed by atoms with van der Waals surface area (Å²) < 4.78 is 5.39. The van der Waals surface area contributed by atoms with Gasteiger partial charge in [0.2, 0.25) is 11.8 Å². The van der Waals surface area contributed by atoms with Gasteiger partial charge in [0.05, 0.1) is 4.92 Å². The zero-order valence-corrected chi connectivity index (χ0v) is 27.5. The summed E-state index contributed by atoms with van der Waals surface area (Å²) in [7, 11) is 0. The fourth-order valence-electron chi connectivity index (χ4n) is 6.48. The van der Waals surface area contributed by atoms with E-state index in [1.807, 2.05) is 78.9 Å². The van der Waals surface area contributed by atoms with Crippen LogP contribution in [0.25, 0.3) is 11.1 Å². The van der Waals surface area contributed by atoms with E-state index in [9.17, 15) is 34.4 Å². The van der Waals surface area contributed by atoms with Gasteiger partial charge < -0.3 is 31.5 Å². The van der Waals surface area contributed by atoms with Crippen molar-refractivity contribution in [1.29, 1.82) is 0 Å². The quantitative estimate of drug-likeness (QED) is 0.0753. The zero-order valence-electron chi connectivity index (χ0n) is 27.5. The highest BCUT2D eigenvalue weighted by Gasteiger charge is 2.51. The number of epoxide rings is 1. The maximum atomic E-state index is 13.7.